The van der Waals surface area contributed by atoms with Crippen LogP contribution in [0.15, 0.2) is 54.6 Å². The molecule has 1 saturated heterocycles. The molecule has 3 rings (SSSR count). The maximum absolute atomic E-state index is 12.7. The van der Waals surface area contributed by atoms with Crippen LogP contribution in [0.4, 0.5) is 0 Å². The summed E-state index contributed by atoms with van der Waals surface area (Å²) in [5.41, 5.74) is 1.65. The van der Waals surface area contributed by atoms with Gasteiger partial charge in [-0.3, -0.25) is 14.4 Å². The highest BCUT2D eigenvalue weighted by atomic mass is 16.5. The van der Waals surface area contributed by atoms with E-state index in [9.17, 15) is 14.4 Å². The van der Waals surface area contributed by atoms with Gasteiger partial charge in [0.25, 0.3) is 5.91 Å². The number of carbonyl (C=O) groups is 3. The standard InChI is InChI=1S/C23H26N2O4/c1-17(26)29-21-9-5-8-19(16-21)23(28)25-14-12-20(13-15-25)24-22(27)11-10-18-6-3-2-4-7-18/h2-9,16,20H,10-15H2,1H3,(H,24,27). The van der Waals surface area contributed by atoms with Gasteiger partial charge in [0.15, 0.2) is 0 Å². The Morgan fingerprint density at radius 3 is 2.45 bits per heavy atom. The highest BCUT2D eigenvalue weighted by Gasteiger charge is 2.24. The zero-order valence-corrected chi connectivity index (χ0v) is 16.6. The second kappa shape index (κ2) is 9.87. The molecule has 0 bridgehead atoms. The number of amides is 2. The number of rotatable bonds is 6. The van der Waals surface area contributed by atoms with Crippen LogP contribution in [0.1, 0.15) is 42.1 Å². The topological polar surface area (TPSA) is 75.7 Å². The largest absolute Gasteiger partial charge is 0.427 e. The summed E-state index contributed by atoms with van der Waals surface area (Å²) in [5.74, 6) is -0.0945. The van der Waals surface area contributed by atoms with E-state index in [-0.39, 0.29) is 17.9 Å². The molecule has 29 heavy (non-hydrogen) atoms. The lowest BCUT2D eigenvalue weighted by molar-refractivity contribution is -0.131. The van der Waals surface area contributed by atoms with E-state index in [4.69, 9.17) is 4.74 Å². The van der Waals surface area contributed by atoms with Crippen molar-refractivity contribution in [3.63, 3.8) is 0 Å². The van der Waals surface area contributed by atoms with Gasteiger partial charge in [0.2, 0.25) is 5.91 Å². The lowest BCUT2D eigenvalue weighted by Gasteiger charge is -2.32. The maximum atomic E-state index is 12.7. The molecular formula is C23H26N2O4. The molecule has 0 radical (unpaired) electrons. The zero-order chi connectivity index (χ0) is 20.6. The third-order valence-corrected chi connectivity index (χ3v) is 4.97. The molecule has 0 aromatic heterocycles. The number of likely N-dealkylation sites (tertiary alicyclic amines) is 1. The van der Waals surface area contributed by atoms with Crippen molar-refractivity contribution in [2.45, 2.75) is 38.6 Å². The van der Waals surface area contributed by atoms with Crippen molar-refractivity contribution >= 4 is 17.8 Å². The first-order valence-corrected chi connectivity index (χ1v) is 9.92. The average molecular weight is 394 g/mol. The highest BCUT2D eigenvalue weighted by molar-refractivity contribution is 5.94. The Bertz CT molecular complexity index is 858. The number of piperidine rings is 1. The van der Waals surface area contributed by atoms with Crippen molar-refractivity contribution < 1.29 is 19.1 Å². The summed E-state index contributed by atoms with van der Waals surface area (Å²) in [6.45, 7) is 2.49. The van der Waals surface area contributed by atoms with E-state index in [0.29, 0.717) is 30.8 Å². The van der Waals surface area contributed by atoms with Gasteiger partial charge in [-0.15, -0.1) is 0 Å². The molecule has 2 amide bonds. The van der Waals surface area contributed by atoms with Gasteiger partial charge in [0.1, 0.15) is 5.75 Å². The summed E-state index contributed by atoms with van der Waals surface area (Å²) in [4.78, 5) is 37.8. The number of hydrogen-bond acceptors (Lipinski definition) is 4. The summed E-state index contributed by atoms with van der Waals surface area (Å²) < 4.78 is 5.05. The molecule has 0 atom stereocenters. The van der Waals surface area contributed by atoms with Gasteiger partial charge in [-0.25, -0.2) is 0 Å². The molecule has 2 aromatic rings. The molecule has 1 N–H and O–H groups in total. The molecule has 6 nitrogen and oxygen atoms in total. The predicted molar refractivity (Wildman–Crippen MR) is 110 cm³/mol. The van der Waals surface area contributed by atoms with E-state index in [2.05, 4.69) is 5.32 Å². The molecular weight excluding hydrogens is 368 g/mol. The third kappa shape index (κ3) is 6.17. The first kappa shape index (κ1) is 20.6. The normalized spacial score (nSPS) is 14.3. The van der Waals surface area contributed by atoms with Gasteiger partial charge in [0.05, 0.1) is 0 Å². The van der Waals surface area contributed by atoms with Crippen LogP contribution in [-0.4, -0.2) is 41.8 Å². The molecule has 0 unspecified atom stereocenters. The van der Waals surface area contributed by atoms with Crippen LogP contribution >= 0.6 is 0 Å². The molecule has 1 aliphatic rings. The van der Waals surface area contributed by atoms with Gasteiger partial charge >= 0.3 is 5.97 Å². The second-order valence-electron chi connectivity index (χ2n) is 7.24. The van der Waals surface area contributed by atoms with Crippen LogP contribution < -0.4 is 10.1 Å². The molecule has 1 fully saturated rings. The maximum Gasteiger partial charge on any atom is 0.308 e. The molecule has 0 spiro atoms. The quantitative estimate of drug-likeness (QED) is 0.604. The summed E-state index contributed by atoms with van der Waals surface area (Å²) in [6, 6.07) is 16.7. The number of hydrogen-bond donors (Lipinski definition) is 1. The number of carbonyl (C=O) groups excluding carboxylic acids is 3. The lowest BCUT2D eigenvalue weighted by atomic mass is 10.0. The Morgan fingerprint density at radius 1 is 1.03 bits per heavy atom. The molecule has 1 aliphatic heterocycles. The van der Waals surface area contributed by atoms with E-state index in [1.54, 1.807) is 29.2 Å². The Morgan fingerprint density at radius 2 is 1.76 bits per heavy atom. The van der Waals surface area contributed by atoms with E-state index in [0.717, 1.165) is 24.8 Å². The first-order valence-electron chi connectivity index (χ1n) is 9.92. The Labute approximate surface area is 170 Å². The number of aryl methyl sites for hydroxylation is 1. The highest BCUT2D eigenvalue weighted by Crippen LogP contribution is 2.18. The fourth-order valence-electron chi connectivity index (χ4n) is 3.47. The monoisotopic (exact) mass is 394 g/mol. The smallest absolute Gasteiger partial charge is 0.308 e. The average Bonchev–Trinajstić information content (AvgIpc) is 2.73. The molecule has 152 valence electrons. The summed E-state index contributed by atoms with van der Waals surface area (Å²) in [6.07, 6.45) is 2.65. The summed E-state index contributed by atoms with van der Waals surface area (Å²) >= 11 is 0. The molecule has 1 heterocycles. The molecule has 0 aliphatic carbocycles. The van der Waals surface area contributed by atoms with Crippen LogP contribution in [0.25, 0.3) is 0 Å². The minimum Gasteiger partial charge on any atom is -0.427 e. The van der Waals surface area contributed by atoms with E-state index in [1.165, 1.54) is 6.92 Å². The van der Waals surface area contributed by atoms with Crippen molar-refractivity contribution in [2.75, 3.05) is 13.1 Å². The Kier molecular flexibility index (Phi) is 7.00. The molecule has 6 heteroatoms. The van der Waals surface area contributed by atoms with Crippen LogP contribution in [0.3, 0.4) is 0 Å². The van der Waals surface area contributed by atoms with Gasteiger partial charge in [-0.1, -0.05) is 36.4 Å². The third-order valence-electron chi connectivity index (χ3n) is 4.97. The van der Waals surface area contributed by atoms with Crippen molar-refractivity contribution in [1.29, 1.82) is 0 Å². The van der Waals surface area contributed by atoms with Crippen molar-refractivity contribution in [3.05, 3.63) is 65.7 Å². The zero-order valence-electron chi connectivity index (χ0n) is 16.6. The van der Waals surface area contributed by atoms with Crippen LogP contribution in [0, 0.1) is 0 Å². The van der Waals surface area contributed by atoms with Gasteiger partial charge in [-0.2, -0.15) is 0 Å². The fourth-order valence-corrected chi connectivity index (χ4v) is 3.47. The van der Waals surface area contributed by atoms with E-state index in [1.807, 2.05) is 30.3 Å². The second-order valence-corrected chi connectivity index (χ2v) is 7.24. The van der Waals surface area contributed by atoms with Crippen molar-refractivity contribution in [1.82, 2.24) is 10.2 Å². The summed E-state index contributed by atoms with van der Waals surface area (Å²) in [5, 5.41) is 3.08. The van der Waals surface area contributed by atoms with Crippen LogP contribution in [0.5, 0.6) is 5.75 Å². The van der Waals surface area contributed by atoms with Crippen LogP contribution in [0.2, 0.25) is 0 Å². The number of nitrogens with zero attached hydrogens (tertiary/aromatic N) is 1. The first-order chi connectivity index (χ1) is 14.0. The SMILES string of the molecule is CC(=O)Oc1cccc(C(=O)N2CCC(NC(=O)CCc3ccccc3)CC2)c1. The minimum atomic E-state index is -0.418. The van der Waals surface area contributed by atoms with Gasteiger partial charge < -0.3 is 15.0 Å². The molecule has 2 aromatic carbocycles. The Balaban J connectivity index is 1.45. The Hall–Kier alpha value is -3.15. The van der Waals surface area contributed by atoms with E-state index >= 15 is 0 Å². The number of ether oxygens (including phenoxy) is 1. The number of esters is 1. The lowest BCUT2D eigenvalue weighted by Crippen LogP contribution is -2.46. The number of nitrogens with one attached hydrogen (secondary N) is 1. The van der Waals surface area contributed by atoms with Crippen molar-refractivity contribution in [3.8, 4) is 5.75 Å². The van der Waals surface area contributed by atoms with Gasteiger partial charge in [0, 0.05) is 38.0 Å². The molecule has 0 saturated carbocycles. The predicted octanol–water partition coefficient (Wildman–Crippen LogP) is 2.97. The fraction of sp³-hybridized carbons (Fsp3) is 0.348. The number of benzene rings is 2. The van der Waals surface area contributed by atoms with Gasteiger partial charge in [-0.05, 0) is 43.0 Å². The van der Waals surface area contributed by atoms with Crippen LogP contribution in [-0.2, 0) is 16.0 Å². The van der Waals surface area contributed by atoms with E-state index < -0.39 is 5.97 Å². The minimum absolute atomic E-state index is 0.0488. The summed E-state index contributed by atoms with van der Waals surface area (Å²) in [7, 11) is 0. The van der Waals surface area contributed by atoms with Crippen molar-refractivity contribution in [2.24, 2.45) is 0 Å².